The Kier molecular flexibility index (Phi) is 7.06. The Balaban J connectivity index is 1.47. The van der Waals surface area contributed by atoms with Crippen molar-refractivity contribution in [3.05, 3.63) is 48.2 Å². The van der Waals surface area contributed by atoms with Crippen LogP contribution in [0.4, 0.5) is 10.6 Å². The molecule has 2 aromatic rings. The third-order valence-corrected chi connectivity index (χ3v) is 5.08. The van der Waals surface area contributed by atoms with Gasteiger partial charge in [-0.2, -0.15) is 5.10 Å². The molecule has 3 rings (SSSR count). The molecule has 7 nitrogen and oxygen atoms in total. The molecule has 0 bridgehead atoms. The van der Waals surface area contributed by atoms with Crippen LogP contribution in [0.25, 0.3) is 0 Å². The molecule has 1 aliphatic rings. The van der Waals surface area contributed by atoms with E-state index in [-0.39, 0.29) is 18.0 Å². The molecule has 0 saturated carbocycles. The smallest absolute Gasteiger partial charge is 0.317 e. The molecule has 1 fully saturated rings. The van der Waals surface area contributed by atoms with Crippen LogP contribution < -0.4 is 10.6 Å². The molecule has 0 aliphatic carbocycles. The number of piperidine rings is 1. The zero-order chi connectivity index (χ0) is 19.8. The van der Waals surface area contributed by atoms with E-state index in [2.05, 4.69) is 27.9 Å². The van der Waals surface area contributed by atoms with Crippen LogP contribution in [0, 0.1) is 0 Å². The van der Waals surface area contributed by atoms with Crippen LogP contribution in [0.15, 0.2) is 42.6 Å². The molecule has 1 aliphatic heterocycles. The van der Waals surface area contributed by atoms with E-state index in [0.717, 1.165) is 31.5 Å². The molecule has 0 radical (unpaired) electrons. The Morgan fingerprint density at radius 3 is 2.61 bits per heavy atom. The number of aryl methyl sites for hydroxylation is 1. The van der Waals surface area contributed by atoms with Gasteiger partial charge in [-0.3, -0.25) is 4.79 Å². The Labute approximate surface area is 166 Å². The van der Waals surface area contributed by atoms with Gasteiger partial charge in [-0.05, 0) is 38.2 Å². The first kappa shape index (κ1) is 19.9. The standard InChI is InChI=1S/C21H29N5O2/c1-2-22-21(28)25-15-12-18(13-16-25)26-19(11-14-23-26)24-20(27)10-6-9-17-7-4-3-5-8-17/h3-5,7-8,11,14,18H,2,6,9-10,12-13,15-16H2,1H3,(H,22,28)(H,24,27). The van der Waals surface area contributed by atoms with Crippen molar-refractivity contribution in [2.45, 2.75) is 45.1 Å². The van der Waals surface area contributed by atoms with Gasteiger partial charge in [0.1, 0.15) is 5.82 Å². The lowest BCUT2D eigenvalue weighted by Gasteiger charge is -2.32. The number of carbonyl (C=O) groups excluding carboxylic acids is 2. The van der Waals surface area contributed by atoms with Crippen molar-refractivity contribution in [3.63, 3.8) is 0 Å². The number of anilines is 1. The molecule has 2 N–H and O–H groups in total. The van der Waals surface area contributed by atoms with E-state index in [1.165, 1.54) is 5.56 Å². The van der Waals surface area contributed by atoms with E-state index in [1.54, 1.807) is 6.20 Å². The highest BCUT2D eigenvalue weighted by Gasteiger charge is 2.25. The summed E-state index contributed by atoms with van der Waals surface area (Å²) < 4.78 is 1.89. The van der Waals surface area contributed by atoms with Crippen molar-refractivity contribution in [3.8, 4) is 0 Å². The van der Waals surface area contributed by atoms with Crippen molar-refractivity contribution in [1.29, 1.82) is 0 Å². The van der Waals surface area contributed by atoms with Gasteiger partial charge in [0.25, 0.3) is 0 Å². The largest absolute Gasteiger partial charge is 0.338 e. The number of hydrogen-bond acceptors (Lipinski definition) is 3. The maximum Gasteiger partial charge on any atom is 0.317 e. The summed E-state index contributed by atoms with van der Waals surface area (Å²) in [5.74, 6) is 0.749. The Hall–Kier alpha value is -2.83. The summed E-state index contributed by atoms with van der Waals surface area (Å²) in [5, 5.41) is 10.2. The minimum atomic E-state index is -0.00615. The highest BCUT2D eigenvalue weighted by molar-refractivity contribution is 5.89. The summed E-state index contributed by atoms with van der Waals surface area (Å²) >= 11 is 0. The fourth-order valence-electron chi connectivity index (χ4n) is 3.58. The number of likely N-dealkylation sites (tertiary alicyclic amines) is 1. The van der Waals surface area contributed by atoms with Crippen molar-refractivity contribution in [2.24, 2.45) is 0 Å². The SMILES string of the molecule is CCNC(=O)N1CCC(n2nccc2NC(=O)CCCc2ccccc2)CC1. The summed E-state index contributed by atoms with van der Waals surface area (Å²) in [7, 11) is 0. The van der Waals surface area contributed by atoms with Gasteiger partial charge in [-0.25, -0.2) is 9.48 Å². The quantitative estimate of drug-likeness (QED) is 0.770. The first-order valence-corrected chi connectivity index (χ1v) is 10.1. The first-order valence-electron chi connectivity index (χ1n) is 10.1. The topological polar surface area (TPSA) is 79.3 Å². The number of nitrogens with zero attached hydrogens (tertiary/aromatic N) is 3. The molecule has 3 amide bonds. The summed E-state index contributed by atoms with van der Waals surface area (Å²) in [5.41, 5.74) is 1.25. The lowest BCUT2D eigenvalue weighted by Crippen LogP contribution is -2.44. The number of rotatable bonds is 7. The van der Waals surface area contributed by atoms with Crippen molar-refractivity contribution >= 4 is 17.8 Å². The van der Waals surface area contributed by atoms with Crippen molar-refractivity contribution in [2.75, 3.05) is 25.0 Å². The predicted molar refractivity (Wildman–Crippen MR) is 109 cm³/mol. The number of hydrogen-bond donors (Lipinski definition) is 2. The molecule has 0 unspecified atom stereocenters. The highest BCUT2D eigenvalue weighted by Crippen LogP contribution is 2.25. The Morgan fingerprint density at radius 1 is 1.14 bits per heavy atom. The molecule has 2 heterocycles. The Morgan fingerprint density at radius 2 is 1.89 bits per heavy atom. The van der Waals surface area contributed by atoms with Crippen molar-refractivity contribution < 1.29 is 9.59 Å². The van der Waals surface area contributed by atoms with Crippen LogP contribution in [0.2, 0.25) is 0 Å². The molecule has 28 heavy (non-hydrogen) atoms. The molecular formula is C21H29N5O2. The van der Waals surface area contributed by atoms with Gasteiger partial charge in [0.05, 0.1) is 12.2 Å². The van der Waals surface area contributed by atoms with Crippen LogP contribution in [-0.2, 0) is 11.2 Å². The third kappa shape index (κ3) is 5.34. The molecule has 0 spiro atoms. The molecule has 1 aromatic carbocycles. The lowest BCUT2D eigenvalue weighted by molar-refractivity contribution is -0.116. The number of benzene rings is 1. The van der Waals surface area contributed by atoms with Crippen LogP contribution >= 0.6 is 0 Å². The molecule has 0 atom stereocenters. The summed E-state index contributed by atoms with van der Waals surface area (Å²) in [6, 6.07) is 12.2. The zero-order valence-electron chi connectivity index (χ0n) is 16.4. The first-order chi connectivity index (χ1) is 13.7. The minimum absolute atomic E-state index is 0.00615. The van der Waals surface area contributed by atoms with Gasteiger partial charge in [-0.1, -0.05) is 30.3 Å². The number of carbonyl (C=O) groups is 2. The lowest BCUT2D eigenvalue weighted by atomic mass is 10.1. The Bertz CT molecular complexity index is 766. The highest BCUT2D eigenvalue weighted by atomic mass is 16.2. The zero-order valence-corrected chi connectivity index (χ0v) is 16.4. The fraction of sp³-hybridized carbons (Fsp3) is 0.476. The van der Waals surface area contributed by atoms with Gasteiger partial charge in [0.15, 0.2) is 0 Å². The molecule has 7 heteroatoms. The molecule has 1 saturated heterocycles. The molecular weight excluding hydrogens is 354 g/mol. The maximum atomic E-state index is 12.3. The average Bonchev–Trinajstić information content (AvgIpc) is 3.17. The summed E-state index contributed by atoms with van der Waals surface area (Å²) in [6.07, 6.45) is 5.57. The second-order valence-electron chi connectivity index (χ2n) is 7.10. The summed E-state index contributed by atoms with van der Waals surface area (Å²) in [4.78, 5) is 26.1. The monoisotopic (exact) mass is 383 g/mol. The van der Waals surface area contributed by atoms with Crippen LogP contribution in [0.3, 0.4) is 0 Å². The minimum Gasteiger partial charge on any atom is -0.338 e. The van der Waals surface area contributed by atoms with E-state index in [1.807, 2.05) is 40.8 Å². The van der Waals surface area contributed by atoms with E-state index in [0.29, 0.717) is 26.1 Å². The van der Waals surface area contributed by atoms with Gasteiger partial charge in [-0.15, -0.1) is 0 Å². The van der Waals surface area contributed by atoms with E-state index in [9.17, 15) is 9.59 Å². The van der Waals surface area contributed by atoms with E-state index < -0.39 is 0 Å². The number of amides is 3. The maximum absolute atomic E-state index is 12.3. The molecule has 150 valence electrons. The van der Waals surface area contributed by atoms with Crippen molar-refractivity contribution in [1.82, 2.24) is 20.0 Å². The van der Waals surface area contributed by atoms with Gasteiger partial charge in [0, 0.05) is 32.1 Å². The van der Waals surface area contributed by atoms with Crippen LogP contribution in [0.1, 0.15) is 44.2 Å². The van der Waals surface area contributed by atoms with Crippen LogP contribution in [-0.4, -0.2) is 46.3 Å². The van der Waals surface area contributed by atoms with Gasteiger partial charge < -0.3 is 15.5 Å². The number of nitrogens with one attached hydrogen (secondary N) is 2. The second kappa shape index (κ2) is 9.92. The van der Waals surface area contributed by atoms with E-state index >= 15 is 0 Å². The normalized spacial score (nSPS) is 14.7. The van der Waals surface area contributed by atoms with Gasteiger partial charge in [0.2, 0.25) is 5.91 Å². The molecule has 1 aromatic heterocycles. The van der Waals surface area contributed by atoms with Gasteiger partial charge >= 0.3 is 6.03 Å². The summed E-state index contributed by atoms with van der Waals surface area (Å²) in [6.45, 7) is 3.95. The number of urea groups is 1. The van der Waals surface area contributed by atoms with Crippen LogP contribution in [0.5, 0.6) is 0 Å². The average molecular weight is 383 g/mol. The third-order valence-electron chi connectivity index (χ3n) is 5.08. The van der Waals surface area contributed by atoms with E-state index in [4.69, 9.17) is 0 Å². The fourth-order valence-corrected chi connectivity index (χ4v) is 3.58. The predicted octanol–water partition coefficient (Wildman–Crippen LogP) is 3.21. The number of aromatic nitrogens is 2. The second-order valence-corrected chi connectivity index (χ2v) is 7.10.